The zero-order valence-corrected chi connectivity index (χ0v) is 16.9. The molecule has 2 aromatic heterocycles. The van der Waals surface area contributed by atoms with E-state index in [-0.39, 0.29) is 11.8 Å². The first-order valence-corrected chi connectivity index (χ1v) is 10.4. The number of carbonyl (C=O) groups is 2. The van der Waals surface area contributed by atoms with Gasteiger partial charge in [-0.1, -0.05) is 12.8 Å². The van der Waals surface area contributed by atoms with Crippen LogP contribution in [0.5, 0.6) is 0 Å². The first-order chi connectivity index (χ1) is 12.5. The molecule has 0 unspecified atom stereocenters. The maximum Gasteiger partial charge on any atom is 0.226 e. The highest BCUT2D eigenvalue weighted by molar-refractivity contribution is 7.18. The molecule has 0 aliphatic heterocycles. The third kappa shape index (κ3) is 6.51. The van der Waals surface area contributed by atoms with Gasteiger partial charge in [0.25, 0.3) is 0 Å². The predicted molar refractivity (Wildman–Crippen MR) is 108 cm³/mol. The molecule has 2 rings (SSSR count). The Bertz CT molecular complexity index is 739. The summed E-state index contributed by atoms with van der Waals surface area (Å²) in [5.41, 5.74) is 6.36. The number of unbranched alkanes of at least 4 members (excludes halogenated alkanes) is 3. The highest BCUT2D eigenvalue weighted by Crippen LogP contribution is 2.34. The number of nitrogens with zero attached hydrogens (tertiary/aromatic N) is 1. The van der Waals surface area contributed by atoms with Crippen molar-refractivity contribution in [3.63, 3.8) is 0 Å². The van der Waals surface area contributed by atoms with Crippen molar-refractivity contribution < 1.29 is 9.59 Å². The van der Waals surface area contributed by atoms with Crippen LogP contribution < -0.4 is 16.4 Å². The number of hydrogen-bond acceptors (Lipinski definition) is 6. The minimum atomic E-state index is -0.0437. The second-order valence-electron chi connectivity index (χ2n) is 6.10. The Morgan fingerprint density at radius 1 is 1.15 bits per heavy atom. The lowest BCUT2D eigenvalue weighted by Gasteiger charge is -2.01. The van der Waals surface area contributed by atoms with Crippen molar-refractivity contribution in [1.29, 1.82) is 0 Å². The smallest absolute Gasteiger partial charge is 0.226 e. The van der Waals surface area contributed by atoms with Crippen molar-refractivity contribution in [3.05, 3.63) is 21.9 Å². The maximum absolute atomic E-state index is 12.0. The van der Waals surface area contributed by atoms with Gasteiger partial charge in [-0.25, -0.2) is 4.98 Å². The summed E-state index contributed by atoms with van der Waals surface area (Å²) in [7, 11) is 0. The van der Waals surface area contributed by atoms with E-state index >= 15 is 0 Å². The summed E-state index contributed by atoms with van der Waals surface area (Å²) < 4.78 is 0. The number of aryl methyl sites for hydroxylation is 1. The van der Waals surface area contributed by atoms with Crippen LogP contribution in [0.25, 0.3) is 10.6 Å². The number of aromatic nitrogens is 1. The van der Waals surface area contributed by atoms with Crippen LogP contribution in [0, 0.1) is 6.92 Å². The molecule has 0 aliphatic rings. The van der Waals surface area contributed by atoms with Gasteiger partial charge in [0.2, 0.25) is 11.8 Å². The molecule has 0 aromatic carbocycles. The van der Waals surface area contributed by atoms with Gasteiger partial charge in [0.1, 0.15) is 0 Å². The second-order valence-corrected chi connectivity index (χ2v) is 8.47. The van der Waals surface area contributed by atoms with Crippen molar-refractivity contribution in [2.24, 2.45) is 5.73 Å². The number of thiazole rings is 1. The van der Waals surface area contributed by atoms with E-state index in [4.69, 9.17) is 5.73 Å². The minimum Gasteiger partial charge on any atom is -0.351 e. The van der Waals surface area contributed by atoms with Gasteiger partial charge in [-0.2, -0.15) is 0 Å². The molecule has 142 valence electrons. The molecule has 6 nitrogen and oxygen atoms in total. The van der Waals surface area contributed by atoms with E-state index in [1.54, 1.807) is 11.3 Å². The van der Waals surface area contributed by atoms with Gasteiger partial charge in [-0.15, -0.1) is 22.7 Å². The molecule has 0 radical (unpaired) electrons. The first-order valence-electron chi connectivity index (χ1n) is 8.80. The third-order valence-electron chi connectivity index (χ3n) is 3.81. The molecule has 0 spiro atoms. The van der Waals surface area contributed by atoms with Crippen LogP contribution in [-0.4, -0.2) is 23.3 Å². The van der Waals surface area contributed by atoms with Crippen LogP contribution in [0.3, 0.4) is 0 Å². The number of thiophene rings is 1. The van der Waals surface area contributed by atoms with Gasteiger partial charge in [-0.05, 0) is 38.4 Å². The molecule has 4 N–H and O–H groups in total. The maximum atomic E-state index is 12.0. The Balaban J connectivity index is 1.90. The Morgan fingerprint density at radius 3 is 2.65 bits per heavy atom. The number of hydrogen-bond donors (Lipinski definition) is 3. The van der Waals surface area contributed by atoms with Crippen LogP contribution >= 0.6 is 22.7 Å². The monoisotopic (exact) mass is 394 g/mol. The zero-order chi connectivity index (χ0) is 18.9. The standard InChI is InChI=1S/C18H26N4O2S2/c1-12-17(15-9-8-14(26-15)11-20-13(2)23)22-18(25-12)21-16(24)7-5-3-4-6-10-19/h8-9H,3-7,10-11,19H2,1-2H3,(H,20,23)(H,21,22,24). The van der Waals surface area contributed by atoms with E-state index in [9.17, 15) is 9.59 Å². The largest absolute Gasteiger partial charge is 0.351 e. The van der Waals surface area contributed by atoms with Gasteiger partial charge in [0.15, 0.2) is 5.13 Å². The molecule has 2 heterocycles. The number of carbonyl (C=O) groups excluding carboxylic acids is 2. The summed E-state index contributed by atoms with van der Waals surface area (Å²) in [6.45, 7) is 4.74. The van der Waals surface area contributed by atoms with Gasteiger partial charge in [0.05, 0.1) is 17.1 Å². The lowest BCUT2D eigenvalue weighted by molar-refractivity contribution is -0.119. The van der Waals surface area contributed by atoms with Gasteiger partial charge in [0, 0.05) is 23.1 Å². The number of anilines is 1. The summed E-state index contributed by atoms with van der Waals surface area (Å²) >= 11 is 3.09. The molecular weight excluding hydrogens is 368 g/mol. The van der Waals surface area contributed by atoms with E-state index < -0.39 is 0 Å². The Hall–Kier alpha value is -1.77. The molecule has 0 saturated heterocycles. The zero-order valence-electron chi connectivity index (χ0n) is 15.3. The molecule has 2 amide bonds. The number of nitrogens with two attached hydrogens (primary N) is 1. The van der Waals surface area contributed by atoms with Crippen LogP contribution in [0.15, 0.2) is 12.1 Å². The molecule has 26 heavy (non-hydrogen) atoms. The molecule has 8 heteroatoms. The third-order valence-corrected chi connectivity index (χ3v) is 5.79. The van der Waals surface area contributed by atoms with Crippen molar-refractivity contribution in [2.75, 3.05) is 11.9 Å². The fourth-order valence-electron chi connectivity index (χ4n) is 2.46. The normalized spacial score (nSPS) is 10.7. The summed E-state index contributed by atoms with van der Waals surface area (Å²) in [6, 6.07) is 4.00. The van der Waals surface area contributed by atoms with Crippen molar-refractivity contribution in [3.8, 4) is 10.6 Å². The molecule has 0 atom stereocenters. The van der Waals surface area contributed by atoms with Gasteiger partial charge < -0.3 is 16.4 Å². The number of nitrogens with one attached hydrogen (secondary N) is 2. The van der Waals surface area contributed by atoms with Crippen molar-refractivity contribution >= 4 is 39.6 Å². The van der Waals surface area contributed by atoms with Gasteiger partial charge in [-0.3, -0.25) is 9.59 Å². The van der Waals surface area contributed by atoms with Crippen LogP contribution in [-0.2, 0) is 16.1 Å². The lowest BCUT2D eigenvalue weighted by Crippen LogP contribution is -2.17. The molecule has 0 bridgehead atoms. The van der Waals surface area contributed by atoms with E-state index in [0.717, 1.165) is 46.0 Å². The van der Waals surface area contributed by atoms with E-state index in [1.165, 1.54) is 18.3 Å². The van der Waals surface area contributed by atoms with Crippen LogP contribution in [0.4, 0.5) is 5.13 Å². The van der Waals surface area contributed by atoms with Crippen molar-refractivity contribution in [1.82, 2.24) is 10.3 Å². The predicted octanol–water partition coefficient (Wildman–Crippen LogP) is 3.66. The summed E-state index contributed by atoms with van der Waals surface area (Å²) in [4.78, 5) is 30.8. The lowest BCUT2D eigenvalue weighted by atomic mass is 10.1. The molecule has 0 saturated carbocycles. The highest BCUT2D eigenvalue weighted by Gasteiger charge is 2.14. The topological polar surface area (TPSA) is 97.1 Å². The average molecular weight is 395 g/mol. The summed E-state index contributed by atoms with van der Waals surface area (Å²) in [5, 5.41) is 6.34. The molecular formula is C18H26N4O2S2. The number of rotatable bonds is 10. The highest BCUT2D eigenvalue weighted by atomic mass is 32.1. The first kappa shape index (κ1) is 20.5. The Kier molecular flexibility index (Phi) is 8.21. The summed E-state index contributed by atoms with van der Waals surface area (Å²) in [5.74, 6) is -0.0339. The van der Waals surface area contributed by atoms with Crippen molar-refractivity contribution in [2.45, 2.75) is 52.5 Å². The molecule has 0 fully saturated rings. The SMILES string of the molecule is CC(=O)NCc1ccc(-c2nc(NC(=O)CCCCCCN)sc2C)s1. The van der Waals surface area contributed by atoms with Gasteiger partial charge >= 0.3 is 0 Å². The van der Waals surface area contributed by atoms with Crippen LogP contribution in [0.2, 0.25) is 0 Å². The fraction of sp³-hybridized carbons (Fsp3) is 0.500. The second kappa shape index (κ2) is 10.4. The Morgan fingerprint density at radius 2 is 1.92 bits per heavy atom. The van der Waals surface area contributed by atoms with E-state index in [0.29, 0.717) is 24.6 Å². The molecule has 0 aliphatic carbocycles. The molecule has 2 aromatic rings. The fourth-order valence-corrected chi connectivity index (χ4v) is 4.36. The van der Waals surface area contributed by atoms with E-state index in [2.05, 4.69) is 15.6 Å². The number of amides is 2. The van der Waals surface area contributed by atoms with Crippen LogP contribution in [0.1, 0.15) is 48.8 Å². The average Bonchev–Trinajstić information content (AvgIpc) is 3.19. The van der Waals surface area contributed by atoms with E-state index in [1.807, 2.05) is 19.1 Å². The summed E-state index contributed by atoms with van der Waals surface area (Å²) in [6.07, 6.45) is 4.50. The minimum absolute atomic E-state index is 0.00979. The quantitative estimate of drug-likeness (QED) is 0.536. The Labute approximate surface area is 162 Å².